The summed E-state index contributed by atoms with van der Waals surface area (Å²) in [6.07, 6.45) is -2.82. The molecule has 2 aromatic rings. The van der Waals surface area contributed by atoms with Crippen LogP contribution >= 0.6 is 0 Å². The maximum absolute atomic E-state index is 13.6. The summed E-state index contributed by atoms with van der Waals surface area (Å²) in [5.74, 6) is -0.962. The molecular weight excluding hydrogens is 517 g/mol. The van der Waals surface area contributed by atoms with E-state index in [0.717, 1.165) is 36.7 Å². The Balaban J connectivity index is 1.73. The molecule has 2 saturated heterocycles. The average molecular weight is 553 g/mol. The molecule has 0 aliphatic carbocycles. The Labute approximate surface area is 224 Å². The number of rotatable bonds is 6. The zero-order valence-corrected chi connectivity index (χ0v) is 22.6. The molecule has 214 valence electrons. The molecule has 2 amide bonds. The SMILES string of the molecule is Cn1c(C(C)(C)C)cc(=NC(=O)c2cc(C(F)(F)F)ccc2OC[C@@H]2CCCN2C(=O)O)n1C[C@H]1CCCO1. The van der Waals surface area contributed by atoms with Crippen molar-refractivity contribution in [2.45, 2.75) is 76.7 Å². The number of carbonyl (C=O) groups excluding carboxylic acids is 1. The van der Waals surface area contributed by atoms with Gasteiger partial charge in [0.1, 0.15) is 12.4 Å². The third-order valence-corrected chi connectivity index (χ3v) is 7.22. The predicted molar refractivity (Wildman–Crippen MR) is 136 cm³/mol. The molecule has 4 rings (SSSR count). The van der Waals surface area contributed by atoms with Crippen LogP contribution in [0.3, 0.4) is 0 Å². The summed E-state index contributed by atoms with van der Waals surface area (Å²) in [6.45, 7) is 7.42. The molecule has 0 saturated carbocycles. The maximum atomic E-state index is 13.6. The predicted octanol–water partition coefficient (Wildman–Crippen LogP) is 4.58. The van der Waals surface area contributed by atoms with E-state index in [1.807, 2.05) is 37.2 Å². The number of aromatic nitrogens is 2. The van der Waals surface area contributed by atoms with Crippen LogP contribution in [-0.2, 0) is 29.9 Å². The van der Waals surface area contributed by atoms with Crippen molar-refractivity contribution in [1.82, 2.24) is 14.3 Å². The average Bonchev–Trinajstić information content (AvgIpc) is 3.59. The maximum Gasteiger partial charge on any atom is 0.416 e. The van der Waals surface area contributed by atoms with Crippen molar-refractivity contribution < 1.29 is 37.3 Å². The fourth-order valence-corrected chi connectivity index (χ4v) is 5.17. The molecule has 1 N–H and O–H groups in total. The lowest BCUT2D eigenvalue weighted by atomic mass is 9.92. The molecule has 12 heteroatoms. The monoisotopic (exact) mass is 552 g/mol. The molecule has 2 fully saturated rings. The summed E-state index contributed by atoms with van der Waals surface area (Å²) in [5, 5.41) is 9.39. The van der Waals surface area contributed by atoms with Gasteiger partial charge < -0.3 is 19.5 Å². The number of amides is 2. The third kappa shape index (κ3) is 6.48. The Kier molecular flexibility index (Phi) is 8.15. The van der Waals surface area contributed by atoms with Crippen molar-refractivity contribution in [3.8, 4) is 5.75 Å². The Morgan fingerprint density at radius 3 is 2.51 bits per heavy atom. The Hall–Kier alpha value is -3.28. The number of ether oxygens (including phenoxy) is 2. The molecule has 0 unspecified atom stereocenters. The normalized spacial score (nSPS) is 20.6. The van der Waals surface area contributed by atoms with Gasteiger partial charge in [-0.3, -0.25) is 14.2 Å². The van der Waals surface area contributed by atoms with Gasteiger partial charge in [-0.15, -0.1) is 0 Å². The van der Waals surface area contributed by atoms with Gasteiger partial charge in [0.25, 0.3) is 5.91 Å². The number of hydrogen-bond acceptors (Lipinski definition) is 4. The minimum atomic E-state index is -4.68. The van der Waals surface area contributed by atoms with E-state index in [-0.39, 0.29) is 29.4 Å². The van der Waals surface area contributed by atoms with Crippen molar-refractivity contribution >= 4 is 12.0 Å². The molecule has 0 radical (unpaired) electrons. The largest absolute Gasteiger partial charge is 0.491 e. The Bertz CT molecular complexity index is 1290. The van der Waals surface area contributed by atoms with E-state index in [0.29, 0.717) is 38.0 Å². The lowest BCUT2D eigenvalue weighted by Crippen LogP contribution is -2.38. The minimum absolute atomic E-state index is 0.0588. The number of carboxylic acid groups (broad SMARTS) is 1. The zero-order chi connectivity index (χ0) is 28.5. The summed E-state index contributed by atoms with van der Waals surface area (Å²) in [5.41, 5.74) is -0.431. The van der Waals surface area contributed by atoms with E-state index in [1.165, 1.54) is 4.90 Å². The summed E-state index contributed by atoms with van der Waals surface area (Å²) >= 11 is 0. The van der Waals surface area contributed by atoms with Crippen LogP contribution in [0.5, 0.6) is 5.75 Å². The second-order valence-corrected chi connectivity index (χ2v) is 11.1. The smallest absolute Gasteiger partial charge is 0.416 e. The summed E-state index contributed by atoms with van der Waals surface area (Å²) in [4.78, 5) is 30.5. The van der Waals surface area contributed by atoms with Crippen LogP contribution in [0.4, 0.5) is 18.0 Å². The number of hydrogen-bond donors (Lipinski definition) is 1. The highest BCUT2D eigenvalue weighted by molar-refractivity contribution is 5.97. The first kappa shape index (κ1) is 28.7. The van der Waals surface area contributed by atoms with Gasteiger partial charge in [0, 0.05) is 37.4 Å². The van der Waals surface area contributed by atoms with Gasteiger partial charge in [-0.05, 0) is 43.9 Å². The molecule has 39 heavy (non-hydrogen) atoms. The number of halogens is 3. The molecule has 1 aromatic carbocycles. The molecule has 9 nitrogen and oxygen atoms in total. The van der Waals surface area contributed by atoms with Gasteiger partial charge in [0.15, 0.2) is 5.49 Å². The second-order valence-electron chi connectivity index (χ2n) is 11.1. The van der Waals surface area contributed by atoms with Crippen LogP contribution in [0.1, 0.15) is 68.1 Å². The molecule has 2 atom stereocenters. The number of nitrogens with zero attached hydrogens (tertiary/aromatic N) is 4. The summed E-state index contributed by atoms with van der Waals surface area (Å²) in [6, 6.07) is 3.99. The van der Waals surface area contributed by atoms with E-state index in [1.54, 1.807) is 6.07 Å². The van der Waals surface area contributed by atoms with E-state index < -0.39 is 29.8 Å². The minimum Gasteiger partial charge on any atom is -0.491 e. The van der Waals surface area contributed by atoms with E-state index in [2.05, 4.69) is 4.99 Å². The number of alkyl halides is 3. The van der Waals surface area contributed by atoms with Gasteiger partial charge in [0.05, 0.1) is 29.8 Å². The highest BCUT2D eigenvalue weighted by atomic mass is 19.4. The Morgan fingerprint density at radius 1 is 1.15 bits per heavy atom. The lowest BCUT2D eigenvalue weighted by molar-refractivity contribution is -0.137. The number of benzene rings is 1. The van der Waals surface area contributed by atoms with Gasteiger partial charge in [0.2, 0.25) is 0 Å². The van der Waals surface area contributed by atoms with E-state index in [9.17, 15) is 27.9 Å². The molecule has 2 aliphatic heterocycles. The lowest BCUT2D eigenvalue weighted by Gasteiger charge is -2.22. The van der Waals surface area contributed by atoms with Gasteiger partial charge in [-0.2, -0.15) is 18.2 Å². The molecule has 2 aliphatic rings. The molecule has 0 spiro atoms. The van der Waals surface area contributed by atoms with Crippen LogP contribution < -0.4 is 10.2 Å². The summed E-state index contributed by atoms with van der Waals surface area (Å²) in [7, 11) is 1.85. The van der Waals surface area contributed by atoms with Crippen LogP contribution in [-0.4, -0.2) is 63.3 Å². The Morgan fingerprint density at radius 2 is 1.90 bits per heavy atom. The zero-order valence-electron chi connectivity index (χ0n) is 22.6. The van der Waals surface area contributed by atoms with Crippen molar-refractivity contribution in [3.63, 3.8) is 0 Å². The fourth-order valence-electron chi connectivity index (χ4n) is 5.17. The first-order valence-electron chi connectivity index (χ1n) is 13.1. The van der Waals surface area contributed by atoms with Gasteiger partial charge in [-0.25, -0.2) is 4.79 Å². The quantitative estimate of drug-likeness (QED) is 0.566. The standard InChI is InChI=1S/C27H35F3N4O5/c1-26(2,3)22-14-23(34(32(22)4)15-19-8-6-12-38-19)31-24(35)20-13-17(27(28,29)30)9-10-21(20)39-16-18-7-5-11-33(18)25(36)37/h9-10,13-14,18-19H,5-8,11-12,15-16H2,1-4H3,(H,36,37)/t18-,19+/m0/s1. The third-order valence-electron chi connectivity index (χ3n) is 7.22. The van der Waals surface area contributed by atoms with E-state index >= 15 is 0 Å². The number of likely N-dealkylation sites (tertiary alicyclic amines) is 1. The van der Waals surface area contributed by atoms with Crippen LogP contribution in [0.15, 0.2) is 29.3 Å². The van der Waals surface area contributed by atoms with Crippen LogP contribution in [0.25, 0.3) is 0 Å². The summed E-state index contributed by atoms with van der Waals surface area (Å²) < 4.78 is 55.9. The van der Waals surface area contributed by atoms with Crippen molar-refractivity contribution in [2.24, 2.45) is 12.0 Å². The van der Waals surface area contributed by atoms with Crippen molar-refractivity contribution in [1.29, 1.82) is 0 Å². The number of carbonyl (C=O) groups is 2. The fraction of sp³-hybridized carbons (Fsp3) is 0.593. The molecule has 0 bridgehead atoms. The van der Waals surface area contributed by atoms with E-state index in [4.69, 9.17) is 9.47 Å². The van der Waals surface area contributed by atoms with Crippen molar-refractivity contribution in [2.75, 3.05) is 19.8 Å². The van der Waals surface area contributed by atoms with Crippen LogP contribution in [0.2, 0.25) is 0 Å². The van der Waals surface area contributed by atoms with Crippen molar-refractivity contribution in [3.05, 3.63) is 46.6 Å². The first-order valence-corrected chi connectivity index (χ1v) is 13.1. The van der Waals surface area contributed by atoms with Crippen LogP contribution in [0, 0.1) is 0 Å². The molecular formula is C27H35F3N4O5. The molecule has 1 aromatic heterocycles. The second kappa shape index (κ2) is 11.1. The topological polar surface area (TPSA) is 98.3 Å². The highest BCUT2D eigenvalue weighted by Crippen LogP contribution is 2.33. The van der Waals surface area contributed by atoms with Gasteiger partial charge in [-0.1, -0.05) is 20.8 Å². The van der Waals surface area contributed by atoms with Gasteiger partial charge >= 0.3 is 12.3 Å². The first-order chi connectivity index (χ1) is 18.3. The molecule has 3 heterocycles. The highest BCUT2D eigenvalue weighted by Gasteiger charge is 2.33.